The summed E-state index contributed by atoms with van der Waals surface area (Å²) in [5.74, 6) is 0. The number of carbonyl (C=O) groups excluding carboxylic acids is 1. The van der Waals surface area contributed by atoms with E-state index in [0.29, 0.717) is 0 Å². The van der Waals surface area contributed by atoms with Crippen molar-refractivity contribution in [2.75, 3.05) is 0 Å². The van der Waals surface area contributed by atoms with Crippen LogP contribution in [0.4, 0.5) is 0 Å². The fraction of sp³-hybridized carbons (Fsp3) is 0.364. The van der Waals surface area contributed by atoms with E-state index in [0.717, 1.165) is 4.90 Å². The Bertz CT molecular complexity index is 285. The standard InChI is InChI=1S/C11H14OS/c1-11(2,3)10(12)13-9-7-5-4-6-8-9/h4-8H,1-3H3. The molecular formula is C11H14OS. The molecule has 0 atom stereocenters. The van der Waals surface area contributed by atoms with Crippen molar-refractivity contribution in [1.82, 2.24) is 0 Å². The van der Waals surface area contributed by atoms with Crippen LogP contribution in [0.5, 0.6) is 0 Å². The first-order valence-electron chi connectivity index (χ1n) is 4.27. The number of benzene rings is 1. The van der Waals surface area contributed by atoms with Gasteiger partial charge in [0.25, 0.3) is 0 Å². The van der Waals surface area contributed by atoms with Crippen LogP contribution >= 0.6 is 11.8 Å². The van der Waals surface area contributed by atoms with Gasteiger partial charge in [-0.2, -0.15) is 0 Å². The van der Waals surface area contributed by atoms with Crippen molar-refractivity contribution in [3.05, 3.63) is 30.3 Å². The summed E-state index contributed by atoms with van der Waals surface area (Å²) in [6, 6.07) is 9.74. The SMILES string of the molecule is CC(C)(C)C(=O)Sc1ccccc1. The third kappa shape index (κ3) is 3.23. The van der Waals surface area contributed by atoms with E-state index in [1.54, 1.807) is 0 Å². The fourth-order valence-corrected chi connectivity index (χ4v) is 1.56. The number of hydrogen-bond donors (Lipinski definition) is 0. The van der Waals surface area contributed by atoms with Gasteiger partial charge in [-0.1, -0.05) is 50.7 Å². The molecule has 1 rings (SSSR count). The van der Waals surface area contributed by atoms with Gasteiger partial charge in [0.05, 0.1) is 0 Å². The van der Waals surface area contributed by atoms with Gasteiger partial charge in [0.15, 0.2) is 5.12 Å². The summed E-state index contributed by atoms with van der Waals surface area (Å²) < 4.78 is 0. The number of carbonyl (C=O) groups is 1. The Balaban J connectivity index is 2.66. The van der Waals surface area contributed by atoms with Crippen LogP contribution < -0.4 is 0 Å². The molecule has 70 valence electrons. The summed E-state index contributed by atoms with van der Waals surface area (Å²) in [5, 5.41) is 0.207. The van der Waals surface area contributed by atoms with Gasteiger partial charge in [-0.3, -0.25) is 4.79 Å². The molecule has 0 bridgehead atoms. The van der Waals surface area contributed by atoms with E-state index < -0.39 is 0 Å². The van der Waals surface area contributed by atoms with E-state index in [9.17, 15) is 4.79 Å². The van der Waals surface area contributed by atoms with Crippen LogP contribution in [0.2, 0.25) is 0 Å². The first-order valence-corrected chi connectivity index (χ1v) is 5.09. The van der Waals surface area contributed by atoms with Crippen molar-refractivity contribution < 1.29 is 4.79 Å². The van der Waals surface area contributed by atoms with E-state index >= 15 is 0 Å². The summed E-state index contributed by atoms with van der Waals surface area (Å²) in [7, 11) is 0. The molecule has 0 radical (unpaired) electrons. The van der Waals surface area contributed by atoms with E-state index in [1.165, 1.54) is 11.8 Å². The van der Waals surface area contributed by atoms with Crippen LogP contribution in [0.1, 0.15) is 20.8 Å². The topological polar surface area (TPSA) is 17.1 Å². The lowest BCUT2D eigenvalue weighted by Gasteiger charge is -2.15. The van der Waals surface area contributed by atoms with Crippen LogP contribution in [0.15, 0.2) is 35.2 Å². The molecule has 0 spiro atoms. The Labute approximate surface area is 83.5 Å². The summed E-state index contributed by atoms with van der Waals surface area (Å²) in [6.07, 6.45) is 0. The molecule has 0 heterocycles. The third-order valence-electron chi connectivity index (χ3n) is 1.57. The zero-order chi connectivity index (χ0) is 9.90. The van der Waals surface area contributed by atoms with E-state index in [-0.39, 0.29) is 10.5 Å². The Hall–Kier alpha value is -0.760. The molecule has 1 nitrogen and oxygen atoms in total. The summed E-state index contributed by atoms with van der Waals surface area (Å²) >= 11 is 1.31. The molecule has 1 aromatic carbocycles. The first-order chi connectivity index (χ1) is 6.00. The van der Waals surface area contributed by atoms with Crippen LogP contribution in [-0.2, 0) is 4.79 Å². The van der Waals surface area contributed by atoms with Gasteiger partial charge < -0.3 is 0 Å². The van der Waals surface area contributed by atoms with Crippen molar-refractivity contribution in [3.8, 4) is 0 Å². The summed E-state index contributed by atoms with van der Waals surface area (Å²) in [6.45, 7) is 5.81. The maximum atomic E-state index is 11.6. The molecule has 0 aliphatic carbocycles. The monoisotopic (exact) mass is 194 g/mol. The van der Waals surface area contributed by atoms with Crippen LogP contribution in [0.25, 0.3) is 0 Å². The second kappa shape index (κ2) is 3.97. The summed E-state index contributed by atoms with van der Waals surface area (Å²) in [5.41, 5.74) is -0.263. The van der Waals surface area contributed by atoms with Gasteiger partial charge in [-0.15, -0.1) is 0 Å². The second-order valence-corrected chi connectivity index (χ2v) is 5.00. The minimum Gasteiger partial charge on any atom is -0.286 e. The van der Waals surface area contributed by atoms with Gasteiger partial charge in [0, 0.05) is 10.3 Å². The van der Waals surface area contributed by atoms with Crippen LogP contribution in [0, 0.1) is 5.41 Å². The largest absolute Gasteiger partial charge is 0.286 e. The molecule has 0 unspecified atom stereocenters. The zero-order valence-electron chi connectivity index (χ0n) is 8.20. The van der Waals surface area contributed by atoms with Crippen LogP contribution in [-0.4, -0.2) is 5.12 Å². The predicted octanol–water partition coefficient (Wildman–Crippen LogP) is 3.35. The fourth-order valence-electron chi connectivity index (χ4n) is 0.749. The lowest BCUT2D eigenvalue weighted by atomic mass is 10.00. The van der Waals surface area contributed by atoms with Crippen molar-refractivity contribution >= 4 is 16.9 Å². The van der Waals surface area contributed by atoms with E-state index in [1.807, 2.05) is 51.1 Å². The van der Waals surface area contributed by atoms with Crippen molar-refractivity contribution in [1.29, 1.82) is 0 Å². The average molecular weight is 194 g/mol. The lowest BCUT2D eigenvalue weighted by molar-refractivity contribution is -0.117. The molecule has 0 aliphatic heterocycles. The smallest absolute Gasteiger partial charge is 0.198 e. The molecule has 0 amide bonds. The molecule has 0 aliphatic rings. The first kappa shape index (κ1) is 10.3. The molecule has 0 fully saturated rings. The molecular weight excluding hydrogens is 180 g/mol. The molecule has 0 saturated heterocycles. The Kier molecular flexibility index (Phi) is 3.15. The molecule has 0 aromatic heterocycles. The molecule has 2 heteroatoms. The van der Waals surface area contributed by atoms with Crippen LogP contribution in [0.3, 0.4) is 0 Å². The number of thioether (sulfide) groups is 1. The highest BCUT2D eigenvalue weighted by Crippen LogP contribution is 2.28. The van der Waals surface area contributed by atoms with Crippen molar-refractivity contribution in [2.45, 2.75) is 25.7 Å². The van der Waals surface area contributed by atoms with Crippen molar-refractivity contribution in [3.63, 3.8) is 0 Å². The minimum atomic E-state index is -0.263. The van der Waals surface area contributed by atoms with Gasteiger partial charge >= 0.3 is 0 Å². The maximum Gasteiger partial charge on any atom is 0.198 e. The quantitative estimate of drug-likeness (QED) is 0.638. The second-order valence-electron chi connectivity index (χ2n) is 3.95. The highest BCUT2D eigenvalue weighted by Gasteiger charge is 2.21. The predicted molar refractivity (Wildman–Crippen MR) is 56.8 cm³/mol. The van der Waals surface area contributed by atoms with Gasteiger partial charge in [-0.25, -0.2) is 0 Å². The van der Waals surface area contributed by atoms with E-state index in [4.69, 9.17) is 0 Å². The highest BCUT2D eigenvalue weighted by molar-refractivity contribution is 8.13. The van der Waals surface area contributed by atoms with E-state index in [2.05, 4.69) is 0 Å². The molecule has 13 heavy (non-hydrogen) atoms. The average Bonchev–Trinajstić information content (AvgIpc) is 2.04. The Morgan fingerprint density at radius 1 is 1.15 bits per heavy atom. The lowest BCUT2D eigenvalue weighted by Crippen LogP contribution is -2.15. The minimum absolute atomic E-state index is 0.207. The van der Waals surface area contributed by atoms with Gasteiger partial charge in [0.2, 0.25) is 0 Å². The molecule has 0 N–H and O–H groups in total. The molecule has 1 aromatic rings. The Morgan fingerprint density at radius 3 is 2.15 bits per heavy atom. The normalized spacial score (nSPS) is 11.3. The highest BCUT2D eigenvalue weighted by atomic mass is 32.2. The summed E-state index contributed by atoms with van der Waals surface area (Å²) in [4.78, 5) is 12.6. The van der Waals surface area contributed by atoms with Gasteiger partial charge in [-0.05, 0) is 12.1 Å². The number of hydrogen-bond acceptors (Lipinski definition) is 2. The van der Waals surface area contributed by atoms with Crippen molar-refractivity contribution in [2.24, 2.45) is 5.41 Å². The molecule has 0 saturated carbocycles. The maximum absolute atomic E-state index is 11.6. The van der Waals surface area contributed by atoms with Gasteiger partial charge in [0.1, 0.15) is 0 Å². The Morgan fingerprint density at radius 2 is 1.69 bits per heavy atom. The zero-order valence-corrected chi connectivity index (χ0v) is 9.02. The number of rotatable bonds is 1. The third-order valence-corrected chi connectivity index (χ3v) is 2.87.